The summed E-state index contributed by atoms with van der Waals surface area (Å²) >= 11 is 0. The van der Waals surface area contributed by atoms with E-state index in [4.69, 9.17) is 4.42 Å². The average Bonchev–Trinajstić information content (AvgIpc) is 2.69. The fraction of sp³-hybridized carbons (Fsp3) is 0.667. The van der Waals surface area contributed by atoms with Gasteiger partial charge in [-0.1, -0.05) is 20.3 Å². The molecule has 0 saturated carbocycles. The molecular weight excluding hydrogens is 174 g/mol. The first kappa shape index (κ1) is 11.3. The van der Waals surface area contributed by atoms with Crippen LogP contribution in [-0.2, 0) is 0 Å². The summed E-state index contributed by atoms with van der Waals surface area (Å²) < 4.78 is 5.36. The minimum atomic E-state index is 0.321. The Balaban J connectivity index is 2.42. The molecule has 2 nitrogen and oxygen atoms in total. The van der Waals surface area contributed by atoms with Crippen LogP contribution in [-0.4, -0.2) is 6.04 Å². The second-order valence-corrected chi connectivity index (χ2v) is 3.80. The molecule has 1 rings (SSSR count). The van der Waals surface area contributed by atoms with Crippen molar-refractivity contribution < 1.29 is 4.42 Å². The number of hydrogen-bond acceptors (Lipinski definition) is 2. The van der Waals surface area contributed by atoms with Crippen LogP contribution in [0.3, 0.4) is 0 Å². The first-order valence-corrected chi connectivity index (χ1v) is 5.57. The Morgan fingerprint density at radius 3 is 2.71 bits per heavy atom. The van der Waals surface area contributed by atoms with Crippen LogP contribution in [0.25, 0.3) is 0 Å². The maximum absolute atomic E-state index is 5.36. The third-order valence-corrected chi connectivity index (χ3v) is 2.59. The minimum absolute atomic E-state index is 0.321. The Morgan fingerprint density at radius 2 is 2.21 bits per heavy atom. The highest BCUT2D eigenvalue weighted by atomic mass is 16.3. The van der Waals surface area contributed by atoms with Gasteiger partial charge in [-0.3, -0.25) is 0 Å². The molecule has 0 amide bonds. The van der Waals surface area contributed by atoms with E-state index in [1.165, 1.54) is 19.3 Å². The summed E-state index contributed by atoms with van der Waals surface area (Å²) in [4.78, 5) is 0. The molecule has 80 valence electrons. The van der Waals surface area contributed by atoms with Gasteiger partial charge in [-0.2, -0.15) is 0 Å². The predicted octanol–water partition coefficient (Wildman–Crippen LogP) is 3.51. The van der Waals surface area contributed by atoms with E-state index < -0.39 is 0 Å². The first-order valence-electron chi connectivity index (χ1n) is 5.57. The Kier molecular flexibility index (Phi) is 4.74. The van der Waals surface area contributed by atoms with Crippen molar-refractivity contribution in [1.82, 2.24) is 5.32 Å². The quantitative estimate of drug-likeness (QED) is 0.751. The van der Waals surface area contributed by atoms with E-state index in [0.717, 1.165) is 5.76 Å². The summed E-state index contributed by atoms with van der Waals surface area (Å²) in [6.07, 6.45) is 5.38. The lowest BCUT2D eigenvalue weighted by Crippen LogP contribution is -2.30. The van der Waals surface area contributed by atoms with E-state index >= 15 is 0 Å². The molecule has 0 spiro atoms. The minimum Gasteiger partial charge on any atom is -0.468 e. The maximum Gasteiger partial charge on any atom is 0.120 e. The molecule has 1 aromatic heterocycles. The average molecular weight is 195 g/mol. The van der Waals surface area contributed by atoms with E-state index in [1.807, 2.05) is 12.1 Å². The summed E-state index contributed by atoms with van der Waals surface area (Å²) in [7, 11) is 0. The molecule has 0 aromatic carbocycles. The van der Waals surface area contributed by atoms with Gasteiger partial charge in [-0.05, 0) is 31.9 Å². The van der Waals surface area contributed by atoms with Crippen molar-refractivity contribution in [1.29, 1.82) is 0 Å². The van der Waals surface area contributed by atoms with Crippen molar-refractivity contribution in [2.75, 3.05) is 0 Å². The van der Waals surface area contributed by atoms with Gasteiger partial charge >= 0.3 is 0 Å². The lowest BCUT2D eigenvalue weighted by Gasteiger charge is -2.20. The fourth-order valence-corrected chi connectivity index (χ4v) is 1.73. The molecule has 14 heavy (non-hydrogen) atoms. The summed E-state index contributed by atoms with van der Waals surface area (Å²) in [6, 6.07) is 4.89. The van der Waals surface area contributed by atoms with Crippen molar-refractivity contribution in [3.63, 3.8) is 0 Å². The monoisotopic (exact) mass is 195 g/mol. The van der Waals surface area contributed by atoms with Crippen LogP contribution < -0.4 is 5.32 Å². The van der Waals surface area contributed by atoms with Crippen LogP contribution >= 0.6 is 0 Å². The van der Waals surface area contributed by atoms with Crippen LogP contribution in [0.15, 0.2) is 22.8 Å². The summed E-state index contributed by atoms with van der Waals surface area (Å²) in [5.41, 5.74) is 0. The van der Waals surface area contributed by atoms with Gasteiger partial charge in [0.15, 0.2) is 0 Å². The lowest BCUT2D eigenvalue weighted by molar-refractivity contribution is 0.368. The molecule has 0 bridgehead atoms. The molecule has 0 radical (unpaired) electrons. The van der Waals surface area contributed by atoms with E-state index in [2.05, 4.69) is 26.1 Å². The van der Waals surface area contributed by atoms with Gasteiger partial charge in [0.25, 0.3) is 0 Å². The van der Waals surface area contributed by atoms with Crippen molar-refractivity contribution in [3.05, 3.63) is 24.2 Å². The van der Waals surface area contributed by atoms with Crippen LogP contribution in [0.4, 0.5) is 0 Å². The van der Waals surface area contributed by atoms with Crippen LogP contribution in [0.2, 0.25) is 0 Å². The highest BCUT2D eigenvalue weighted by Crippen LogP contribution is 2.15. The van der Waals surface area contributed by atoms with E-state index in [1.54, 1.807) is 6.26 Å². The molecule has 1 aromatic rings. The van der Waals surface area contributed by atoms with Crippen LogP contribution in [0.5, 0.6) is 0 Å². The van der Waals surface area contributed by atoms with Gasteiger partial charge in [0, 0.05) is 6.04 Å². The normalized spacial score (nSPS) is 15.4. The van der Waals surface area contributed by atoms with Gasteiger partial charge in [0.2, 0.25) is 0 Å². The number of nitrogens with one attached hydrogen (secondary N) is 1. The van der Waals surface area contributed by atoms with Gasteiger partial charge in [0.1, 0.15) is 5.76 Å². The van der Waals surface area contributed by atoms with E-state index in [9.17, 15) is 0 Å². The van der Waals surface area contributed by atoms with E-state index in [0.29, 0.717) is 12.1 Å². The molecule has 2 heteroatoms. The lowest BCUT2D eigenvalue weighted by atomic mass is 10.1. The van der Waals surface area contributed by atoms with Crippen molar-refractivity contribution in [3.8, 4) is 0 Å². The Bertz CT molecular complexity index is 230. The molecular formula is C12H21NO. The Hall–Kier alpha value is -0.760. The summed E-state index contributed by atoms with van der Waals surface area (Å²) in [5, 5.41) is 3.58. The highest BCUT2D eigenvalue weighted by molar-refractivity contribution is 5.03. The highest BCUT2D eigenvalue weighted by Gasteiger charge is 2.12. The summed E-state index contributed by atoms with van der Waals surface area (Å²) in [6.45, 7) is 6.60. The predicted molar refractivity (Wildman–Crippen MR) is 59.2 cm³/mol. The SMILES string of the molecule is CCCC(CC)N[C@H](C)c1ccco1. The van der Waals surface area contributed by atoms with E-state index in [-0.39, 0.29) is 0 Å². The maximum atomic E-state index is 5.36. The Morgan fingerprint density at radius 1 is 1.43 bits per heavy atom. The zero-order chi connectivity index (χ0) is 10.4. The van der Waals surface area contributed by atoms with Gasteiger partial charge < -0.3 is 9.73 Å². The third-order valence-electron chi connectivity index (χ3n) is 2.59. The molecule has 1 heterocycles. The van der Waals surface area contributed by atoms with Crippen LogP contribution in [0.1, 0.15) is 51.8 Å². The Labute approximate surface area is 86.7 Å². The van der Waals surface area contributed by atoms with Crippen LogP contribution in [0, 0.1) is 0 Å². The van der Waals surface area contributed by atoms with Gasteiger partial charge in [-0.15, -0.1) is 0 Å². The van der Waals surface area contributed by atoms with Crippen molar-refractivity contribution in [2.24, 2.45) is 0 Å². The van der Waals surface area contributed by atoms with Gasteiger partial charge in [-0.25, -0.2) is 0 Å². The zero-order valence-electron chi connectivity index (χ0n) is 9.42. The smallest absolute Gasteiger partial charge is 0.120 e. The topological polar surface area (TPSA) is 25.2 Å². The second kappa shape index (κ2) is 5.86. The molecule has 0 aliphatic rings. The standard InChI is InChI=1S/C12H21NO/c1-4-7-11(5-2)13-10(3)12-8-6-9-14-12/h6,8-11,13H,4-5,7H2,1-3H3/t10-,11?/m1/s1. The molecule has 0 aliphatic heterocycles. The first-order chi connectivity index (χ1) is 6.77. The third kappa shape index (κ3) is 3.18. The largest absolute Gasteiger partial charge is 0.468 e. The number of hydrogen-bond donors (Lipinski definition) is 1. The molecule has 1 N–H and O–H groups in total. The number of furan rings is 1. The number of rotatable bonds is 6. The second-order valence-electron chi connectivity index (χ2n) is 3.80. The fourth-order valence-electron chi connectivity index (χ4n) is 1.73. The zero-order valence-corrected chi connectivity index (χ0v) is 9.42. The van der Waals surface area contributed by atoms with Gasteiger partial charge in [0.05, 0.1) is 12.3 Å². The molecule has 0 aliphatic carbocycles. The molecule has 2 atom stereocenters. The summed E-state index contributed by atoms with van der Waals surface area (Å²) in [5.74, 6) is 1.03. The molecule has 1 unspecified atom stereocenters. The van der Waals surface area contributed by atoms with Crippen molar-refractivity contribution >= 4 is 0 Å². The molecule has 0 fully saturated rings. The van der Waals surface area contributed by atoms with Crippen molar-refractivity contribution in [2.45, 2.75) is 52.1 Å². The molecule has 0 saturated heterocycles.